The molecule has 6 N–H and O–H groups in total. The van der Waals surface area contributed by atoms with Crippen LogP contribution in [0.2, 0.25) is 0 Å². The monoisotopic (exact) mass is 1660 g/mol. The van der Waals surface area contributed by atoms with E-state index in [1.165, 1.54) is 30.9 Å². The van der Waals surface area contributed by atoms with Crippen LogP contribution in [0.25, 0.3) is 0 Å². The number of likely N-dealkylation sites (N-methyl/N-ethyl adjacent to an activating group) is 4. The molecule has 81 heavy (non-hydrogen) atoms. The van der Waals surface area contributed by atoms with Gasteiger partial charge in [0.1, 0.15) is 35.2 Å². The number of thioether (sulfide) groups is 1. The van der Waals surface area contributed by atoms with Gasteiger partial charge in [0.15, 0.2) is 0 Å². The van der Waals surface area contributed by atoms with Gasteiger partial charge in [-0.25, -0.2) is 9.59 Å². The van der Waals surface area contributed by atoms with Crippen LogP contribution in [-0.4, -0.2) is 171 Å². The maximum absolute atomic E-state index is 13.7. The van der Waals surface area contributed by atoms with Crippen LogP contribution in [0.4, 0.5) is 9.59 Å². The van der Waals surface area contributed by atoms with E-state index in [9.17, 15) is 52.7 Å². The summed E-state index contributed by atoms with van der Waals surface area (Å²) in [6, 6.07) is 4.08. The van der Waals surface area contributed by atoms with E-state index in [0.717, 1.165) is 21.6 Å². The van der Waals surface area contributed by atoms with Gasteiger partial charge in [-0.2, -0.15) is 12.6 Å². The fourth-order valence-electron chi connectivity index (χ4n) is 8.06. The van der Waals surface area contributed by atoms with Crippen molar-refractivity contribution in [2.75, 3.05) is 41.3 Å². The summed E-state index contributed by atoms with van der Waals surface area (Å²) < 4.78 is 0. The molecule has 2 heterocycles. The van der Waals surface area contributed by atoms with Crippen LogP contribution in [0.3, 0.4) is 0 Å². The first-order valence-electron chi connectivity index (χ1n) is 26.1. The minimum absolute atomic E-state index is 0. The SMILES string of the molecule is CNC(=O)[C@@H](NC(=O)[C@H](CC(C)C)NC(=O)[C@@H](S)CCN1C(=O)N(C)C(C)(C)C1=O)C(C)(C)C.CNC(=O)[C@@H](NC(=O)[C@H](CC(C)C)NC(=O)[C@H](CCN1C(=O)N(C)C(C)(C)C1=O)SC(=O)c1ccccc1)C(C)(C)C.I.[I][V]([I])[I]. The Morgan fingerprint density at radius 2 is 0.938 bits per heavy atom. The summed E-state index contributed by atoms with van der Waals surface area (Å²) in [5.41, 5.74) is -2.72. The summed E-state index contributed by atoms with van der Waals surface area (Å²) in [5.74, 6) is -3.34. The number of carbonyl (C=O) groups excluding carboxylic acids is 11. The molecular formula is C53H87I4N10O11S2V. The second-order valence-electron chi connectivity index (χ2n) is 23.5. The second-order valence-corrected chi connectivity index (χ2v) is 60.7. The molecule has 0 saturated carbocycles. The van der Waals surface area contributed by atoms with Gasteiger partial charge in [0, 0.05) is 46.8 Å². The molecule has 460 valence electrons. The second kappa shape index (κ2) is 34.8. The number of amides is 12. The van der Waals surface area contributed by atoms with E-state index in [1.807, 2.05) is 69.2 Å². The number of nitrogens with one attached hydrogen (secondary N) is 6. The molecular weight excluding hydrogens is 1580 g/mol. The van der Waals surface area contributed by atoms with E-state index >= 15 is 0 Å². The molecule has 1 aromatic rings. The Balaban J connectivity index is 0.00000149. The van der Waals surface area contributed by atoms with Gasteiger partial charge in [0.2, 0.25) is 40.6 Å². The molecule has 2 fully saturated rings. The molecule has 28 heteroatoms. The average molecular weight is 1660 g/mol. The Kier molecular flexibility index (Phi) is 33.9. The number of hydrogen-bond acceptors (Lipinski definition) is 13. The van der Waals surface area contributed by atoms with E-state index in [-0.39, 0.29) is 95.9 Å². The zero-order chi connectivity index (χ0) is 62.2. The molecule has 21 nitrogen and oxygen atoms in total. The molecule has 12 amide bonds. The number of thiol groups is 1. The molecule has 0 bridgehead atoms. The first-order chi connectivity index (χ1) is 36.6. The summed E-state index contributed by atoms with van der Waals surface area (Å²) in [5, 5.41) is 14.0. The van der Waals surface area contributed by atoms with Gasteiger partial charge in [-0.1, -0.05) is 111 Å². The molecule has 0 spiro atoms. The van der Waals surface area contributed by atoms with Crippen LogP contribution in [-0.2, 0) is 43.3 Å². The van der Waals surface area contributed by atoms with Gasteiger partial charge in [0.25, 0.3) is 11.8 Å². The summed E-state index contributed by atoms with van der Waals surface area (Å²) >= 11 is 12.5. The minimum atomic E-state index is -1.03. The van der Waals surface area contributed by atoms with Gasteiger partial charge in [-0.3, -0.25) is 53.0 Å². The van der Waals surface area contributed by atoms with E-state index in [2.05, 4.69) is 104 Å². The molecule has 2 aliphatic rings. The molecule has 0 aromatic heterocycles. The predicted octanol–water partition coefficient (Wildman–Crippen LogP) is 7.23. The third kappa shape index (κ3) is 24.2. The standard InChI is InChI=1S/C30H45N5O6S.C23H41N5O5S.4HI.V/c1-18(2)17-20(23(36)33-22(25(38)31-8)29(3,4)5)32-24(37)21(42-26(39)19-13-11-10-12-14-19)15-16-35-27(40)30(6,7)34(9)28(35)41;1-13(2)12-14(17(29)26-16(19(31)24-8)22(3,4)5)25-18(30)15(34)10-11-28-20(32)23(6,7)27(9)21(28)33;;;;;/h10-14,18,20-22H,15-17H2,1-9H3,(H,31,38)(H,32,37)(H,33,36);13-16,34H,10-12H2,1-9H3,(H,24,31)(H,25,30)(H,26,29);4*1H;/q;;;;;;+3/p-3/t20-,21-,22+;14-,15-,16+;;;;;/m00...../s1. The number of nitrogens with zero attached hydrogens (tertiary/aromatic N) is 4. The van der Waals surface area contributed by atoms with E-state index in [4.69, 9.17) is 0 Å². The Bertz CT molecular complexity index is 2380. The van der Waals surface area contributed by atoms with E-state index in [0.29, 0.717) is 12.0 Å². The van der Waals surface area contributed by atoms with Crippen molar-refractivity contribution in [2.45, 2.75) is 168 Å². The van der Waals surface area contributed by atoms with Crippen LogP contribution in [0.15, 0.2) is 30.3 Å². The van der Waals surface area contributed by atoms with Gasteiger partial charge < -0.3 is 41.7 Å². The topological polar surface area (TPSA) is 273 Å². The van der Waals surface area contributed by atoms with E-state index < -0.39 is 98.2 Å². The van der Waals surface area contributed by atoms with Gasteiger partial charge in [-0.05, 0) is 76.0 Å². The predicted molar refractivity (Wildman–Crippen MR) is 353 cm³/mol. The van der Waals surface area contributed by atoms with Crippen molar-refractivity contribution < 1.29 is 57.7 Å². The van der Waals surface area contributed by atoms with Crippen molar-refractivity contribution in [3.8, 4) is 0 Å². The van der Waals surface area contributed by atoms with Crippen LogP contribution in [0, 0.1) is 22.7 Å². The molecule has 0 aliphatic carbocycles. The fraction of sp³-hybridized carbons (Fsp3) is 0.679. The fourth-order valence-corrected chi connectivity index (χ4v) is 9.18. The summed E-state index contributed by atoms with van der Waals surface area (Å²) in [4.78, 5) is 146. The van der Waals surface area contributed by atoms with Crippen molar-refractivity contribution in [2.24, 2.45) is 22.7 Å². The molecule has 6 atom stereocenters. The van der Waals surface area contributed by atoms with Crippen molar-refractivity contribution >= 4 is 173 Å². The summed E-state index contributed by atoms with van der Waals surface area (Å²) in [7, 11) is 6.09. The number of halogens is 4. The Morgan fingerprint density at radius 3 is 1.25 bits per heavy atom. The number of imide groups is 2. The zero-order valence-corrected chi connectivity index (χ0v) is 61.8. The first kappa shape index (κ1) is 78.8. The third-order valence-electron chi connectivity index (χ3n) is 13.3. The zero-order valence-electron chi connectivity index (χ0n) is 49.9. The van der Waals surface area contributed by atoms with Crippen LogP contribution in [0.5, 0.6) is 0 Å². The number of benzene rings is 1. The van der Waals surface area contributed by atoms with Crippen molar-refractivity contribution in [3.05, 3.63) is 35.9 Å². The maximum atomic E-state index is 13.7. The number of hydrogen-bond donors (Lipinski definition) is 7. The molecule has 3 rings (SSSR count). The molecule has 2 saturated heterocycles. The van der Waals surface area contributed by atoms with Crippen LogP contribution >= 0.6 is 108 Å². The molecule has 0 radical (unpaired) electrons. The number of urea groups is 2. The van der Waals surface area contributed by atoms with Crippen LogP contribution in [0.1, 0.15) is 133 Å². The Morgan fingerprint density at radius 1 is 0.593 bits per heavy atom. The summed E-state index contributed by atoms with van der Waals surface area (Å²) in [6.07, 6.45) is 0.781. The molecule has 0 unspecified atom stereocenters. The normalized spacial score (nSPS) is 17.1. The van der Waals surface area contributed by atoms with Crippen molar-refractivity contribution in [1.29, 1.82) is 0 Å². The van der Waals surface area contributed by atoms with Crippen LogP contribution < -0.4 is 31.9 Å². The van der Waals surface area contributed by atoms with Gasteiger partial charge in [0.05, 0.1) is 10.5 Å². The van der Waals surface area contributed by atoms with E-state index in [1.54, 1.807) is 65.1 Å². The molecule has 2 aliphatic heterocycles. The van der Waals surface area contributed by atoms with Crippen molar-refractivity contribution in [1.82, 2.24) is 51.5 Å². The quantitative estimate of drug-likeness (QED) is 0.0344. The summed E-state index contributed by atoms with van der Waals surface area (Å²) in [6.45, 7) is 25.2. The Hall–Kier alpha value is -2.21. The number of carbonyl (C=O) groups is 11. The first-order valence-corrected chi connectivity index (χ1v) is 41.1. The van der Waals surface area contributed by atoms with Gasteiger partial charge in [-0.15, -0.1) is 24.0 Å². The average Bonchev–Trinajstić information content (AvgIpc) is 3.65. The third-order valence-corrected chi connectivity index (χ3v) is 15.0. The number of rotatable bonds is 22. The van der Waals surface area contributed by atoms with Crippen molar-refractivity contribution in [3.63, 3.8) is 0 Å². The van der Waals surface area contributed by atoms with Gasteiger partial charge >= 0.3 is 76.9 Å². The molecule has 1 aromatic carbocycles. The Labute approximate surface area is 544 Å².